The van der Waals surface area contributed by atoms with Crippen LogP contribution in [0.2, 0.25) is 0 Å². The average Bonchev–Trinajstić information content (AvgIpc) is 2.18. The molecule has 6 heteroatoms. The molecule has 2 rings (SSSR count). The third kappa shape index (κ3) is 5.11. The summed E-state index contributed by atoms with van der Waals surface area (Å²) >= 11 is 0. The van der Waals surface area contributed by atoms with Crippen molar-refractivity contribution in [1.29, 1.82) is 0 Å². The molecule has 0 aliphatic heterocycles. The number of rotatable bonds is 2. The molecular weight excluding hydrogens is 264 g/mol. The fourth-order valence-corrected chi connectivity index (χ4v) is 1.71. The van der Waals surface area contributed by atoms with E-state index in [1.807, 2.05) is 20.8 Å². The Hall–Kier alpha value is -1.72. The SMILES string of the molecule is CC(C)(C)OC(=O)C1CC(=O)C1.O=C1CC(C(=O)O)C1. The first-order valence-electron chi connectivity index (χ1n) is 6.57. The highest BCUT2D eigenvalue weighted by molar-refractivity contribution is 5.94. The van der Waals surface area contributed by atoms with E-state index in [0.717, 1.165) is 0 Å². The number of carbonyl (C=O) groups is 4. The van der Waals surface area contributed by atoms with Crippen LogP contribution in [0.25, 0.3) is 0 Å². The van der Waals surface area contributed by atoms with Crippen LogP contribution in [0.3, 0.4) is 0 Å². The standard InChI is InChI=1S/C9H14O3.C5H6O3/c1-9(2,3)12-8(11)6-4-7(10)5-6;6-4-1-3(2-4)5(7)8/h6H,4-5H2,1-3H3;3H,1-2H2,(H,7,8). The number of carboxylic acids is 1. The number of esters is 1. The Morgan fingerprint density at radius 1 is 1.00 bits per heavy atom. The van der Waals surface area contributed by atoms with E-state index in [0.29, 0.717) is 12.8 Å². The van der Waals surface area contributed by atoms with Gasteiger partial charge in [0.05, 0.1) is 11.8 Å². The smallest absolute Gasteiger partial charge is 0.310 e. The Balaban J connectivity index is 0.000000217. The van der Waals surface area contributed by atoms with E-state index >= 15 is 0 Å². The van der Waals surface area contributed by atoms with Crippen molar-refractivity contribution in [3.8, 4) is 0 Å². The fraction of sp³-hybridized carbons (Fsp3) is 0.714. The molecule has 0 amide bonds. The van der Waals surface area contributed by atoms with Gasteiger partial charge < -0.3 is 9.84 Å². The van der Waals surface area contributed by atoms with Crippen LogP contribution in [0.15, 0.2) is 0 Å². The number of aliphatic carboxylic acids is 1. The molecule has 0 heterocycles. The van der Waals surface area contributed by atoms with Gasteiger partial charge in [0.15, 0.2) is 0 Å². The van der Waals surface area contributed by atoms with E-state index in [4.69, 9.17) is 9.84 Å². The molecule has 0 bridgehead atoms. The van der Waals surface area contributed by atoms with Gasteiger partial charge in [-0.2, -0.15) is 0 Å². The van der Waals surface area contributed by atoms with Gasteiger partial charge in [-0.25, -0.2) is 0 Å². The maximum atomic E-state index is 11.2. The highest BCUT2D eigenvalue weighted by Crippen LogP contribution is 2.26. The monoisotopic (exact) mass is 284 g/mol. The maximum Gasteiger partial charge on any atom is 0.310 e. The van der Waals surface area contributed by atoms with Crippen molar-refractivity contribution in [2.75, 3.05) is 0 Å². The van der Waals surface area contributed by atoms with Crippen molar-refractivity contribution in [3.63, 3.8) is 0 Å². The average molecular weight is 284 g/mol. The third-order valence-electron chi connectivity index (χ3n) is 2.99. The van der Waals surface area contributed by atoms with Crippen LogP contribution in [-0.2, 0) is 23.9 Å². The van der Waals surface area contributed by atoms with Gasteiger partial charge in [-0.3, -0.25) is 19.2 Å². The van der Waals surface area contributed by atoms with Crippen LogP contribution in [0.4, 0.5) is 0 Å². The topological polar surface area (TPSA) is 97.7 Å². The fourth-order valence-electron chi connectivity index (χ4n) is 1.71. The Morgan fingerprint density at radius 2 is 1.40 bits per heavy atom. The highest BCUT2D eigenvalue weighted by Gasteiger charge is 2.35. The summed E-state index contributed by atoms with van der Waals surface area (Å²) in [5, 5.41) is 8.20. The number of carboxylic acid groups (broad SMARTS) is 1. The second kappa shape index (κ2) is 6.15. The molecule has 2 aliphatic rings. The minimum absolute atomic E-state index is 0.0670. The molecule has 112 valence electrons. The first kappa shape index (κ1) is 16.3. The first-order valence-corrected chi connectivity index (χ1v) is 6.57. The molecule has 0 atom stereocenters. The van der Waals surface area contributed by atoms with Crippen molar-refractivity contribution in [2.24, 2.45) is 11.8 Å². The van der Waals surface area contributed by atoms with E-state index in [-0.39, 0.29) is 42.2 Å². The summed E-state index contributed by atoms with van der Waals surface area (Å²) in [4.78, 5) is 41.9. The van der Waals surface area contributed by atoms with Gasteiger partial charge in [-0.1, -0.05) is 0 Å². The number of ether oxygens (including phenoxy) is 1. The lowest BCUT2D eigenvalue weighted by molar-refractivity contribution is -0.165. The molecular formula is C14H20O6. The molecule has 1 N–H and O–H groups in total. The summed E-state index contributed by atoms with van der Waals surface area (Å²) in [6.07, 6.45) is 1.23. The zero-order valence-corrected chi connectivity index (χ0v) is 12.0. The lowest BCUT2D eigenvalue weighted by atomic mass is 9.84. The van der Waals surface area contributed by atoms with Crippen LogP contribution in [0.5, 0.6) is 0 Å². The van der Waals surface area contributed by atoms with Gasteiger partial charge in [0.2, 0.25) is 0 Å². The minimum Gasteiger partial charge on any atom is -0.481 e. The van der Waals surface area contributed by atoms with E-state index < -0.39 is 11.6 Å². The van der Waals surface area contributed by atoms with Crippen LogP contribution < -0.4 is 0 Å². The Labute approximate surface area is 117 Å². The molecule has 0 aromatic heterocycles. The summed E-state index contributed by atoms with van der Waals surface area (Å²) in [6, 6.07) is 0. The summed E-state index contributed by atoms with van der Waals surface area (Å²) in [6.45, 7) is 5.47. The zero-order chi connectivity index (χ0) is 15.5. The molecule has 20 heavy (non-hydrogen) atoms. The van der Waals surface area contributed by atoms with Gasteiger partial charge >= 0.3 is 11.9 Å². The number of hydrogen-bond acceptors (Lipinski definition) is 5. The largest absolute Gasteiger partial charge is 0.481 e. The highest BCUT2D eigenvalue weighted by atomic mass is 16.6. The predicted molar refractivity (Wildman–Crippen MR) is 68.9 cm³/mol. The van der Waals surface area contributed by atoms with Crippen LogP contribution in [0.1, 0.15) is 46.5 Å². The third-order valence-corrected chi connectivity index (χ3v) is 2.99. The quantitative estimate of drug-likeness (QED) is 0.769. The van der Waals surface area contributed by atoms with E-state index in [1.54, 1.807) is 0 Å². The van der Waals surface area contributed by atoms with Crippen LogP contribution >= 0.6 is 0 Å². The molecule has 6 nitrogen and oxygen atoms in total. The first-order chi connectivity index (χ1) is 9.08. The van der Waals surface area contributed by atoms with Gasteiger partial charge in [0.25, 0.3) is 0 Å². The summed E-state index contributed by atoms with van der Waals surface area (Å²) < 4.78 is 5.10. The lowest BCUT2D eigenvalue weighted by Crippen LogP contribution is -2.36. The molecule has 0 radical (unpaired) electrons. The van der Waals surface area contributed by atoms with E-state index in [1.165, 1.54) is 0 Å². The second-order valence-electron chi connectivity index (χ2n) is 6.16. The second-order valence-corrected chi connectivity index (χ2v) is 6.16. The van der Waals surface area contributed by atoms with Crippen molar-refractivity contribution in [2.45, 2.75) is 52.1 Å². The summed E-state index contributed by atoms with van der Waals surface area (Å²) in [5.74, 6) is -1.39. The van der Waals surface area contributed by atoms with E-state index in [9.17, 15) is 19.2 Å². The molecule has 0 saturated heterocycles. The van der Waals surface area contributed by atoms with Crippen molar-refractivity contribution in [3.05, 3.63) is 0 Å². The van der Waals surface area contributed by atoms with E-state index in [2.05, 4.69) is 0 Å². The molecule has 2 fully saturated rings. The Morgan fingerprint density at radius 3 is 1.65 bits per heavy atom. The van der Waals surface area contributed by atoms with Gasteiger partial charge in [0, 0.05) is 25.7 Å². The Kier molecular flexibility index (Phi) is 5.03. The van der Waals surface area contributed by atoms with Gasteiger partial charge in [0.1, 0.15) is 17.2 Å². The molecule has 0 aromatic carbocycles. The van der Waals surface area contributed by atoms with Crippen LogP contribution in [0, 0.1) is 11.8 Å². The van der Waals surface area contributed by atoms with Gasteiger partial charge in [-0.05, 0) is 20.8 Å². The minimum atomic E-state index is -0.843. The lowest BCUT2D eigenvalue weighted by Gasteiger charge is -2.27. The number of ketones is 2. The predicted octanol–water partition coefficient (Wildman–Crippen LogP) is 1.36. The zero-order valence-electron chi connectivity index (χ0n) is 12.0. The molecule has 0 unspecified atom stereocenters. The molecule has 0 spiro atoms. The van der Waals surface area contributed by atoms with Crippen molar-refractivity contribution in [1.82, 2.24) is 0 Å². The van der Waals surface area contributed by atoms with Crippen molar-refractivity contribution >= 4 is 23.5 Å². The number of carbonyl (C=O) groups excluding carboxylic acids is 3. The number of Topliss-reactive ketones (excluding diaryl/α,β-unsaturated/α-hetero) is 2. The summed E-state index contributed by atoms with van der Waals surface area (Å²) in [5.41, 5.74) is -0.435. The van der Waals surface area contributed by atoms with Gasteiger partial charge in [-0.15, -0.1) is 0 Å². The normalized spacial score (nSPS) is 19.4. The molecule has 0 aromatic rings. The molecule has 2 aliphatic carbocycles. The molecule has 2 saturated carbocycles. The summed E-state index contributed by atoms with van der Waals surface area (Å²) in [7, 11) is 0. The Bertz CT molecular complexity index is 415. The van der Waals surface area contributed by atoms with Crippen molar-refractivity contribution < 1.29 is 29.0 Å². The number of hydrogen-bond donors (Lipinski definition) is 1. The van der Waals surface area contributed by atoms with Crippen LogP contribution in [-0.4, -0.2) is 34.2 Å². The maximum absolute atomic E-state index is 11.2.